The van der Waals surface area contributed by atoms with Crippen LogP contribution in [0.15, 0.2) is 47.4 Å². The Hall–Kier alpha value is -2.26. The Balaban J connectivity index is 2.16. The van der Waals surface area contributed by atoms with Gasteiger partial charge in [-0.3, -0.25) is 0 Å². The molecule has 0 radical (unpaired) electrons. The fourth-order valence-electron chi connectivity index (χ4n) is 1.92. The maximum atomic E-state index is 12.7. The van der Waals surface area contributed by atoms with Gasteiger partial charge in [0.15, 0.2) is 0 Å². The Bertz CT molecular complexity index is 803. The number of phenolic OH excluding ortho intramolecular Hbond substituents is 1. The number of aromatic hydroxyl groups is 1. The highest BCUT2D eigenvalue weighted by Crippen LogP contribution is 2.37. The van der Waals surface area contributed by atoms with E-state index in [1.54, 1.807) is 0 Å². The number of benzene rings is 2. The molecule has 0 bridgehead atoms. The van der Waals surface area contributed by atoms with Gasteiger partial charge in [0.1, 0.15) is 5.75 Å². The van der Waals surface area contributed by atoms with Crippen LogP contribution in [0.1, 0.15) is 11.1 Å². The molecule has 5 nitrogen and oxygen atoms in total. The van der Waals surface area contributed by atoms with Gasteiger partial charge in [0.25, 0.3) is 0 Å². The molecule has 2 aromatic carbocycles. The van der Waals surface area contributed by atoms with E-state index in [0.717, 1.165) is 6.07 Å². The second-order valence-electron chi connectivity index (χ2n) is 4.73. The van der Waals surface area contributed by atoms with Crippen LogP contribution in [0.5, 0.6) is 5.75 Å². The first-order valence-electron chi connectivity index (χ1n) is 6.34. The third-order valence-electron chi connectivity index (χ3n) is 3.09. The van der Waals surface area contributed by atoms with Crippen LogP contribution in [0.25, 0.3) is 0 Å². The molecule has 0 amide bonds. The molecule has 0 heterocycles. The van der Waals surface area contributed by atoms with E-state index in [1.807, 2.05) is 0 Å². The molecule has 9 heteroatoms. The number of sulfonamides is 1. The van der Waals surface area contributed by atoms with Crippen molar-refractivity contribution in [3.05, 3.63) is 53.6 Å². The number of hydrogen-bond acceptors (Lipinski definition) is 4. The van der Waals surface area contributed by atoms with Gasteiger partial charge in [-0.15, -0.1) is 0 Å². The number of primary sulfonamides is 1. The summed E-state index contributed by atoms with van der Waals surface area (Å²) in [5.41, 5.74) is -0.578. The van der Waals surface area contributed by atoms with Gasteiger partial charge in [0.05, 0.1) is 10.5 Å². The molecule has 0 unspecified atom stereocenters. The number of phenols is 1. The zero-order valence-corrected chi connectivity index (χ0v) is 12.4. The van der Waals surface area contributed by atoms with Gasteiger partial charge < -0.3 is 10.4 Å². The molecular weight excluding hydrogens is 333 g/mol. The number of hydrogen-bond donors (Lipinski definition) is 3. The predicted octanol–water partition coefficient (Wildman–Crippen LogP) is 2.67. The third-order valence-corrected chi connectivity index (χ3v) is 4.02. The Morgan fingerprint density at radius 3 is 2.22 bits per heavy atom. The molecule has 23 heavy (non-hydrogen) atoms. The zero-order chi connectivity index (χ0) is 17.3. The third kappa shape index (κ3) is 4.14. The Morgan fingerprint density at radius 2 is 1.70 bits per heavy atom. The summed E-state index contributed by atoms with van der Waals surface area (Å²) >= 11 is 0. The van der Waals surface area contributed by atoms with E-state index in [-0.39, 0.29) is 17.0 Å². The molecular formula is C14H13F3N2O3S. The monoisotopic (exact) mass is 346 g/mol. The number of para-hydroxylation sites is 1. The minimum Gasteiger partial charge on any atom is -0.507 e. The van der Waals surface area contributed by atoms with Gasteiger partial charge in [0.2, 0.25) is 10.0 Å². The molecule has 124 valence electrons. The second-order valence-corrected chi connectivity index (χ2v) is 6.30. The molecule has 0 fully saturated rings. The smallest absolute Gasteiger partial charge is 0.419 e. The summed E-state index contributed by atoms with van der Waals surface area (Å²) in [5.74, 6) is -0.839. The van der Waals surface area contributed by atoms with Crippen molar-refractivity contribution < 1.29 is 26.7 Å². The van der Waals surface area contributed by atoms with Gasteiger partial charge in [-0.2, -0.15) is 13.2 Å². The summed E-state index contributed by atoms with van der Waals surface area (Å²) in [6, 6.07) is 8.72. The first kappa shape index (κ1) is 17.1. The average molecular weight is 346 g/mol. The number of rotatable bonds is 4. The lowest BCUT2D eigenvalue weighted by atomic mass is 10.1. The number of alkyl halides is 3. The molecule has 0 atom stereocenters. The van der Waals surface area contributed by atoms with E-state index in [4.69, 9.17) is 5.14 Å². The molecule has 0 saturated heterocycles. The first-order chi connectivity index (χ1) is 10.6. The summed E-state index contributed by atoms with van der Waals surface area (Å²) in [5, 5.41) is 17.5. The highest BCUT2D eigenvalue weighted by Gasteiger charge is 2.34. The van der Waals surface area contributed by atoms with Gasteiger partial charge in [-0.25, -0.2) is 13.6 Å². The van der Waals surface area contributed by atoms with Crippen LogP contribution in [0.2, 0.25) is 0 Å². The number of nitrogens with two attached hydrogens (primary N) is 1. The molecule has 0 aromatic heterocycles. The highest BCUT2D eigenvalue weighted by atomic mass is 32.2. The van der Waals surface area contributed by atoms with Crippen molar-refractivity contribution in [1.29, 1.82) is 0 Å². The minimum atomic E-state index is -4.64. The SMILES string of the molecule is NS(=O)(=O)c1ccc(NCc2cccc(C(F)(F)F)c2O)cc1. The van der Waals surface area contributed by atoms with Crippen LogP contribution in [0, 0.1) is 0 Å². The van der Waals surface area contributed by atoms with Crippen LogP contribution in [-0.2, 0) is 22.7 Å². The van der Waals surface area contributed by atoms with Gasteiger partial charge in [-0.05, 0) is 30.3 Å². The molecule has 0 aliphatic carbocycles. The number of halogens is 3. The summed E-state index contributed by atoms with van der Waals surface area (Å²) in [4.78, 5) is -0.0787. The van der Waals surface area contributed by atoms with Gasteiger partial charge in [0, 0.05) is 17.8 Å². The van der Waals surface area contributed by atoms with Gasteiger partial charge >= 0.3 is 6.18 Å². The second kappa shape index (κ2) is 6.09. The molecule has 2 rings (SSSR count). The largest absolute Gasteiger partial charge is 0.507 e. The number of nitrogens with one attached hydrogen (secondary N) is 1. The summed E-state index contributed by atoms with van der Waals surface area (Å²) < 4.78 is 60.3. The lowest BCUT2D eigenvalue weighted by Crippen LogP contribution is -2.12. The fourth-order valence-corrected chi connectivity index (χ4v) is 2.44. The van der Waals surface area contributed by atoms with Crippen molar-refractivity contribution in [3.63, 3.8) is 0 Å². The van der Waals surface area contributed by atoms with Crippen molar-refractivity contribution in [2.75, 3.05) is 5.32 Å². The van der Waals surface area contributed by atoms with Crippen LogP contribution >= 0.6 is 0 Å². The Kier molecular flexibility index (Phi) is 4.53. The normalized spacial score (nSPS) is 12.2. The van der Waals surface area contributed by atoms with Crippen molar-refractivity contribution in [2.24, 2.45) is 5.14 Å². The molecule has 2 aromatic rings. The van der Waals surface area contributed by atoms with Crippen LogP contribution in [0.3, 0.4) is 0 Å². The van der Waals surface area contributed by atoms with Crippen molar-refractivity contribution in [1.82, 2.24) is 0 Å². The molecule has 0 aliphatic rings. The van der Waals surface area contributed by atoms with E-state index in [1.165, 1.54) is 36.4 Å². The van der Waals surface area contributed by atoms with Crippen LogP contribution in [0.4, 0.5) is 18.9 Å². The maximum Gasteiger partial charge on any atom is 0.419 e. The van der Waals surface area contributed by atoms with E-state index >= 15 is 0 Å². The topological polar surface area (TPSA) is 92.4 Å². The average Bonchev–Trinajstić information content (AvgIpc) is 2.44. The molecule has 0 spiro atoms. The highest BCUT2D eigenvalue weighted by molar-refractivity contribution is 7.89. The van der Waals surface area contributed by atoms with Crippen LogP contribution in [-0.4, -0.2) is 13.5 Å². The summed E-state index contributed by atoms with van der Waals surface area (Å²) in [6.45, 7) is -0.0650. The summed E-state index contributed by atoms with van der Waals surface area (Å²) in [7, 11) is -3.81. The lowest BCUT2D eigenvalue weighted by Gasteiger charge is -2.13. The van der Waals surface area contributed by atoms with Crippen LogP contribution < -0.4 is 10.5 Å². The van der Waals surface area contributed by atoms with Crippen molar-refractivity contribution in [3.8, 4) is 5.75 Å². The van der Waals surface area contributed by atoms with E-state index in [0.29, 0.717) is 5.69 Å². The van der Waals surface area contributed by atoms with E-state index in [2.05, 4.69) is 5.32 Å². The van der Waals surface area contributed by atoms with E-state index in [9.17, 15) is 26.7 Å². The van der Waals surface area contributed by atoms with E-state index < -0.39 is 27.5 Å². The quantitative estimate of drug-likeness (QED) is 0.794. The van der Waals surface area contributed by atoms with Crippen molar-refractivity contribution >= 4 is 15.7 Å². The summed E-state index contributed by atoms with van der Waals surface area (Å²) in [6.07, 6.45) is -4.64. The standard InChI is InChI=1S/C14H13F3N2O3S/c15-14(16,17)12-3-1-2-9(13(12)20)8-19-10-4-6-11(7-5-10)23(18,21)22/h1-7,19-20H,8H2,(H2,18,21,22). The fraction of sp³-hybridized carbons (Fsp3) is 0.143. The first-order valence-corrected chi connectivity index (χ1v) is 7.88. The van der Waals surface area contributed by atoms with Gasteiger partial charge in [-0.1, -0.05) is 12.1 Å². The minimum absolute atomic E-state index is 0.0650. The Morgan fingerprint density at radius 1 is 1.09 bits per heavy atom. The zero-order valence-electron chi connectivity index (χ0n) is 11.6. The lowest BCUT2D eigenvalue weighted by molar-refractivity contribution is -0.138. The van der Waals surface area contributed by atoms with Crippen molar-refractivity contribution in [2.45, 2.75) is 17.6 Å². The Labute approximate surface area is 130 Å². The maximum absolute atomic E-state index is 12.7. The predicted molar refractivity (Wildman–Crippen MR) is 78.3 cm³/mol. The molecule has 4 N–H and O–H groups in total. The molecule has 0 aliphatic heterocycles. The molecule has 0 saturated carbocycles. The number of anilines is 1.